The molecule has 1 aliphatic heterocycles. The van der Waals surface area contributed by atoms with Crippen molar-refractivity contribution in [3.63, 3.8) is 0 Å². The van der Waals surface area contributed by atoms with Crippen LogP contribution in [-0.4, -0.2) is 56.7 Å². The van der Waals surface area contributed by atoms with E-state index in [0.717, 1.165) is 23.8 Å². The highest BCUT2D eigenvalue weighted by atomic mass is 35.5. The molecule has 5 aromatic rings. The summed E-state index contributed by atoms with van der Waals surface area (Å²) >= 11 is 9.01. The van der Waals surface area contributed by atoms with Crippen molar-refractivity contribution in [2.24, 2.45) is 0 Å². The Morgan fingerprint density at radius 1 is 1.03 bits per heavy atom. The molecule has 0 radical (unpaired) electrons. The van der Waals surface area contributed by atoms with Gasteiger partial charge in [-0.15, -0.1) is 21.5 Å². The van der Waals surface area contributed by atoms with E-state index in [-0.39, 0.29) is 11.7 Å². The third-order valence-corrected chi connectivity index (χ3v) is 8.50. The van der Waals surface area contributed by atoms with Gasteiger partial charge >= 0.3 is 0 Å². The Labute approximate surface area is 237 Å². The van der Waals surface area contributed by atoms with Crippen LogP contribution in [0.2, 0.25) is 5.02 Å². The number of furan rings is 1. The maximum atomic E-state index is 13.6. The number of carbonyl (C=O) groups excluding carboxylic acids is 1. The Hall–Kier alpha value is -3.67. The van der Waals surface area contributed by atoms with Crippen LogP contribution in [-0.2, 0) is 5.75 Å². The highest BCUT2D eigenvalue weighted by molar-refractivity contribution is 7.98. The van der Waals surface area contributed by atoms with Crippen LogP contribution in [0.4, 0.5) is 10.1 Å². The molecular formula is C27H22ClFN6O2S2. The number of thiazole rings is 1. The zero-order chi connectivity index (χ0) is 26.8. The molecule has 1 fully saturated rings. The molecule has 0 atom stereocenters. The second-order valence-electron chi connectivity index (χ2n) is 8.77. The fourth-order valence-corrected chi connectivity index (χ4v) is 6.28. The molecule has 0 unspecified atom stereocenters. The van der Waals surface area contributed by atoms with E-state index in [4.69, 9.17) is 16.0 Å². The molecule has 1 aliphatic rings. The van der Waals surface area contributed by atoms with E-state index in [1.807, 2.05) is 33.7 Å². The number of anilines is 1. The van der Waals surface area contributed by atoms with E-state index in [1.54, 1.807) is 35.9 Å². The van der Waals surface area contributed by atoms with Gasteiger partial charge in [0.05, 0.1) is 17.7 Å². The summed E-state index contributed by atoms with van der Waals surface area (Å²) in [5.74, 6) is 1.17. The van der Waals surface area contributed by atoms with Crippen molar-refractivity contribution in [3.8, 4) is 17.3 Å². The fraction of sp³-hybridized carbons (Fsp3) is 0.185. The molecule has 6 rings (SSSR count). The number of benzene rings is 2. The number of piperazine rings is 1. The van der Waals surface area contributed by atoms with E-state index in [0.29, 0.717) is 52.0 Å². The van der Waals surface area contributed by atoms with E-state index in [9.17, 15) is 9.18 Å². The maximum absolute atomic E-state index is 13.6. The van der Waals surface area contributed by atoms with Crippen LogP contribution in [0.25, 0.3) is 17.3 Å². The predicted molar refractivity (Wildman–Crippen MR) is 150 cm³/mol. The molecule has 1 amide bonds. The lowest BCUT2D eigenvalue weighted by molar-refractivity contribution is 0.0741. The molecule has 4 heterocycles. The highest BCUT2D eigenvalue weighted by Gasteiger charge is 2.25. The van der Waals surface area contributed by atoms with Crippen molar-refractivity contribution in [2.45, 2.75) is 10.9 Å². The van der Waals surface area contributed by atoms with E-state index < -0.39 is 0 Å². The number of halogens is 2. The molecule has 0 spiro atoms. The first kappa shape index (κ1) is 25.6. The van der Waals surface area contributed by atoms with Crippen LogP contribution in [0.15, 0.2) is 81.9 Å². The molecule has 12 heteroatoms. The third kappa shape index (κ3) is 5.56. The highest BCUT2D eigenvalue weighted by Crippen LogP contribution is 2.31. The van der Waals surface area contributed by atoms with Crippen LogP contribution >= 0.6 is 34.7 Å². The Balaban J connectivity index is 1.13. The van der Waals surface area contributed by atoms with Gasteiger partial charge in [-0.25, -0.2) is 9.37 Å². The smallest absolute Gasteiger partial charge is 0.273 e. The van der Waals surface area contributed by atoms with Crippen LogP contribution in [0.5, 0.6) is 0 Å². The second kappa shape index (κ2) is 11.2. The number of carbonyl (C=O) groups is 1. The maximum Gasteiger partial charge on any atom is 0.273 e. The van der Waals surface area contributed by atoms with Crippen molar-refractivity contribution in [1.29, 1.82) is 0 Å². The Bertz CT molecular complexity index is 1580. The van der Waals surface area contributed by atoms with Gasteiger partial charge in [0.2, 0.25) is 5.82 Å². The summed E-state index contributed by atoms with van der Waals surface area (Å²) in [4.78, 5) is 21.8. The molecule has 198 valence electrons. The molecule has 0 N–H and O–H groups in total. The summed E-state index contributed by atoms with van der Waals surface area (Å²) in [7, 11) is 0. The molecule has 3 aromatic heterocycles. The molecule has 8 nitrogen and oxygen atoms in total. The fourth-order valence-electron chi connectivity index (χ4n) is 4.36. The lowest BCUT2D eigenvalue weighted by Crippen LogP contribution is -2.48. The van der Waals surface area contributed by atoms with Gasteiger partial charge < -0.3 is 14.2 Å². The first-order valence-corrected chi connectivity index (χ1v) is 14.4. The van der Waals surface area contributed by atoms with Crippen LogP contribution in [0, 0.1) is 5.82 Å². The molecular weight excluding hydrogens is 559 g/mol. The average molecular weight is 581 g/mol. The molecule has 0 aliphatic carbocycles. The standard InChI is InChI=1S/C27H22ClFN6O2S2/c28-18-3-1-4-21(15-18)33-10-12-34(13-11-33)26(36)22-16-38-24(30-22)17-39-27-32-31-25(23-5-2-14-37-23)35(27)20-8-6-19(29)7-9-20/h1-9,14-16H,10-13,17H2. The number of aromatic nitrogens is 4. The summed E-state index contributed by atoms with van der Waals surface area (Å²) < 4.78 is 20.9. The SMILES string of the molecule is O=C(c1csc(CSc2nnc(-c3ccco3)n2-c2ccc(F)cc2)n1)N1CCN(c2cccc(Cl)c2)CC1. The minimum Gasteiger partial charge on any atom is -0.461 e. The number of thioether (sulfide) groups is 1. The lowest BCUT2D eigenvalue weighted by atomic mass is 10.2. The van der Waals surface area contributed by atoms with Crippen LogP contribution in [0.1, 0.15) is 15.5 Å². The first-order chi connectivity index (χ1) is 19.0. The Kier molecular flexibility index (Phi) is 7.36. The molecule has 2 aromatic carbocycles. The van der Waals surface area contributed by atoms with Gasteiger partial charge in [0, 0.05) is 42.3 Å². The van der Waals surface area contributed by atoms with Gasteiger partial charge in [-0.1, -0.05) is 29.4 Å². The summed E-state index contributed by atoms with van der Waals surface area (Å²) in [5.41, 5.74) is 2.22. The van der Waals surface area contributed by atoms with Crippen molar-refractivity contribution in [2.75, 3.05) is 31.1 Å². The number of nitrogens with zero attached hydrogens (tertiary/aromatic N) is 6. The van der Waals surface area contributed by atoms with Gasteiger partial charge in [0.25, 0.3) is 5.91 Å². The number of hydrogen-bond acceptors (Lipinski definition) is 8. The van der Waals surface area contributed by atoms with Crippen molar-refractivity contribution >= 4 is 46.3 Å². The van der Waals surface area contributed by atoms with E-state index >= 15 is 0 Å². The Morgan fingerprint density at radius 2 is 1.85 bits per heavy atom. The van der Waals surface area contributed by atoms with Crippen molar-refractivity contribution in [3.05, 3.63) is 93.8 Å². The van der Waals surface area contributed by atoms with Gasteiger partial charge in [-0.05, 0) is 54.6 Å². The molecule has 0 bridgehead atoms. The van der Waals surface area contributed by atoms with Crippen LogP contribution in [0.3, 0.4) is 0 Å². The summed E-state index contributed by atoms with van der Waals surface area (Å²) in [6, 6.07) is 17.5. The zero-order valence-electron chi connectivity index (χ0n) is 20.5. The minimum atomic E-state index is -0.327. The van der Waals surface area contributed by atoms with Crippen LogP contribution < -0.4 is 4.90 Å². The topological polar surface area (TPSA) is 80.3 Å². The van der Waals surface area contributed by atoms with E-state index in [2.05, 4.69) is 20.1 Å². The quantitative estimate of drug-likeness (QED) is 0.217. The van der Waals surface area contributed by atoms with Gasteiger partial charge in [0.15, 0.2) is 10.9 Å². The van der Waals surface area contributed by atoms with Gasteiger partial charge in [-0.2, -0.15) is 0 Å². The predicted octanol–water partition coefficient (Wildman–Crippen LogP) is 6.03. The Morgan fingerprint density at radius 3 is 2.59 bits per heavy atom. The summed E-state index contributed by atoms with van der Waals surface area (Å²) in [5, 5.41) is 12.6. The summed E-state index contributed by atoms with van der Waals surface area (Å²) in [6.45, 7) is 2.69. The average Bonchev–Trinajstić information content (AvgIpc) is 3.73. The number of rotatable bonds is 7. The minimum absolute atomic E-state index is 0.0668. The lowest BCUT2D eigenvalue weighted by Gasteiger charge is -2.35. The monoisotopic (exact) mass is 580 g/mol. The normalized spacial score (nSPS) is 13.7. The molecule has 0 saturated carbocycles. The van der Waals surface area contributed by atoms with E-state index in [1.165, 1.54) is 35.2 Å². The number of amides is 1. The van der Waals surface area contributed by atoms with Gasteiger partial charge in [0.1, 0.15) is 16.5 Å². The second-order valence-corrected chi connectivity index (χ2v) is 11.1. The summed E-state index contributed by atoms with van der Waals surface area (Å²) in [6.07, 6.45) is 1.57. The third-order valence-electron chi connectivity index (χ3n) is 6.30. The van der Waals surface area contributed by atoms with Crippen molar-refractivity contribution in [1.82, 2.24) is 24.6 Å². The zero-order valence-corrected chi connectivity index (χ0v) is 22.9. The van der Waals surface area contributed by atoms with Crippen molar-refractivity contribution < 1.29 is 13.6 Å². The molecule has 39 heavy (non-hydrogen) atoms. The molecule has 1 saturated heterocycles. The number of hydrogen-bond donors (Lipinski definition) is 0. The largest absolute Gasteiger partial charge is 0.461 e. The first-order valence-electron chi connectivity index (χ1n) is 12.2. The van der Waals surface area contributed by atoms with Gasteiger partial charge in [-0.3, -0.25) is 9.36 Å².